The van der Waals surface area contributed by atoms with Gasteiger partial charge in [0.15, 0.2) is 0 Å². The number of rotatable bonds is 2. The van der Waals surface area contributed by atoms with Gasteiger partial charge in [-0.1, -0.05) is 18.2 Å². The third-order valence-electron chi connectivity index (χ3n) is 4.88. The second-order valence-electron chi connectivity index (χ2n) is 6.47. The average Bonchev–Trinajstić information content (AvgIpc) is 3.05. The number of ether oxygens (including phenoxy) is 1. The Labute approximate surface area is 146 Å². The minimum Gasteiger partial charge on any atom is -0.493 e. The second-order valence-corrected chi connectivity index (χ2v) is 6.47. The molecule has 2 aromatic carbocycles. The number of hydrogen-bond donors (Lipinski definition) is 1. The van der Waals surface area contributed by atoms with E-state index in [4.69, 9.17) is 4.74 Å². The smallest absolute Gasteiger partial charge is 0.251 e. The molecule has 25 heavy (non-hydrogen) atoms. The molecule has 0 saturated carbocycles. The first kappa shape index (κ1) is 15.7. The van der Waals surface area contributed by atoms with Crippen molar-refractivity contribution in [1.29, 1.82) is 0 Å². The van der Waals surface area contributed by atoms with Gasteiger partial charge >= 0.3 is 0 Å². The van der Waals surface area contributed by atoms with Gasteiger partial charge in [-0.3, -0.25) is 9.59 Å². The van der Waals surface area contributed by atoms with Crippen molar-refractivity contribution in [3.63, 3.8) is 0 Å². The van der Waals surface area contributed by atoms with Crippen molar-refractivity contribution < 1.29 is 14.3 Å². The predicted molar refractivity (Wildman–Crippen MR) is 94.9 cm³/mol. The van der Waals surface area contributed by atoms with E-state index >= 15 is 0 Å². The highest BCUT2D eigenvalue weighted by Crippen LogP contribution is 2.32. The van der Waals surface area contributed by atoms with Gasteiger partial charge in [0, 0.05) is 36.7 Å². The number of fused-ring (bicyclic) bond motifs is 2. The van der Waals surface area contributed by atoms with Crippen molar-refractivity contribution in [2.75, 3.05) is 18.1 Å². The Morgan fingerprint density at radius 3 is 2.88 bits per heavy atom. The molecule has 2 aliphatic heterocycles. The summed E-state index contributed by atoms with van der Waals surface area (Å²) < 4.78 is 5.65. The predicted octanol–water partition coefficient (Wildman–Crippen LogP) is 2.85. The molecule has 2 amide bonds. The highest BCUT2D eigenvalue weighted by Gasteiger charge is 2.25. The quantitative estimate of drug-likeness (QED) is 0.917. The minimum atomic E-state index is -0.0919. The number of para-hydroxylation sites is 1. The summed E-state index contributed by atoms with van der Waals surface area (Å²) in [5, 5.41) is 3.12. The molecular weight excluding hydrogens is 316 g/mol. The van der Waals surface area contributed by atoms with Crippen LogP contribution >= 0.6 is 0 Å². The molecule has 0 saturated heterocycles. The van der Waals surface area contributed by atoms with Gasteiger partial charge in [0.2, 0.25) is 5.91 Å². The summed E-state index contributed by atoms with van der Waals surface area (Å²) in [6, 6.07) is 13.3. The van der Waals surface area contributed by atoms with Crippen LogP contribution in [0.5, 0.6) is 5.75 Å². The fraction of sp³-hybridized carbons (Fsp3) is 0.300. The fourth-order valence-corrected chi connectivity index (χ4v) is 3.60. The topological polar surface area (TPSA) is 58.6 Å². The van der Waals surface area contributed by atoms with E-state index in [1.807, 2.05) is 36.4 Å². The molecule has 5 nitrogen and oxygen atoms in total. The van der Waals surface area contributed by atoms with Gasteiger partial charge in [-0.2, -0.15) is 0 Å². The molecule has 0 fully saturated rings. The Kier molecular flexibility index (Phi) is 3.92. The van der Waals surface area contributed by atoms with Crippen molar-refractivity contribution in [1.82, 2.24) is 5.32 Å². The van der Waals surface area contributed by atoms with E-state index in [9.17, 15) is 9.59 Å². The first-order valence-electron chi connectivity index (χ1n) is 8.57. The van der Waals surface area contributed by atoms with Crippen molar-refractivity contribution in [3.8, 4) is 5.75 Å². The van der Waals surface area contributed by atoms with Crippen LogP contribution in [0.25, 0.3) is 0 Å². The number of hydrogen-bond acceptors (Lipinski definition) is 3. The maximum Gasteiger partial charge on any atom is 0.251 e. The van der Waals surface area contributed by atoms with E-state index in [-0.39, 0.29) is 17.9 Å². The van der Waals surface area contributed by atoms with E-state index < -0.39 is 0 Å². The SMILES string of the molecule is CC(=O)N1CCc2cc(C(=O)N[C@@H]3CCOc4ccccc43)ccc21. The zero-order valence-corrected chi connectivity index (χ0v) is 14.1. The van der Waals surface area contributed by atoms with Gasteiger partial charge in [0.25, 0.3) is 5.91 Å². The lowest BCUT2D eigenvalue weighted by molar-refractivity contribution is -0.116. The lowest BCUT2D eigenvalue weighted by Gasteiger charge is -2.26. The molecule has 1 N–H and O–H groups in total. The molecule has 0 bridgehead atoms. The molecule has 1 atom stereocenters. The first-order chi connectivity index (χ1) is 12.1. The van der Waals surface area contributed by atoms with Gasteiger partial charge in [0.05, 0.1) is 12.6 Å². The lowest BCUT2D eigenvalue weighted by atomic mass is 10.00. The van der Waals surface area contributed by atoms with Crippen LogP contribution in [-0.4, -0.2) is 25.0 Å². The van der Waals surface area contributed by atoms with Gasteiger partial charge in [-0.25, -0.2) is 0 Å². The van der Waals surface area contributed by atoms with Crippen LogP contribution in [0, 0.1) is 0 Å². The minimum absolute atomic E-state index is 0.0368. The number of nitrogens with zero attached hydrogens (tertiary/aromatic N) is 1. The van der Waals surface area contributed by atoms with Gasteiger partial charge in [-0.05, 0) is 36.2 Å². The molecule has 0 aromatic heterocycles. The second kappa shape index (κ2) is 6.24. The number of carbonyl (C=O) groups excluding carboxylic acids is 2. The van der Waals surface area contributed by atoms with Crippen molar-refractivity contribution in [3.05, 3.63) is 59.2 Å². The molecule has 0 aliphatic carbocycles. The molecule has 2 aromatic rings. The number of carbonyl (C=O) groups is 2. The maximum absolute atomic E-state index is 12.7. The molecule has 2 aliphatic rings. The largest absolute Gasteiger partial charge is 0.493 e. The van der Waals surface area contributed by atoms with Gasteiger partial charge in [-0.15, -0.1) is 0 Å². The highest BCUT2D eigenvalue weighted by molar-refractivity contribution is 5.98. The normalized spacial score (nSPS) is 18.1. The zero-order chi connectivity index (χ0) is 17.4. The maximum atomic E-state index is 12.7. The molecule has 2 heterocycles. The van der Waals surface area contributed by atoms with Crippen LogP contribution in [0.3, 0.4) is 0 Å². The molecule has 5 heteroatoms. The summed E-state index contributed by atoms with van der Waals surface area (Å²) >= 11 is 0. The van der Waals surface area contributed by atoms with Crippen molar-refractivity contribution >= 4 is 17.5 Å². The molecule has 128 valence electrons. The first-order valence-corrected chi connectivity index (χ1v) is 8.57. The number of nitrogens with one attached hydrogen (secondary N) is 1. The summed E-state index contributed by atoms with van der Waals surface area (Å²) in [5.74, 6) is 0.783. The number of benzene rings is 2. The Hall–Kier alpha value is -2.82. The van der Waals surface area contributed by atoms with Gasteiger partial charge < -0.3 is 15.0 Å². The number of amides is 2. The summed E-state index contributed by atoms with van der Waals surface area (Å²) in [6.45, 7) is 2.85. The van der Waals surface area contributed by atoms with E-state index in [1.165, 1.54) is 0 Å². The molecule has 4 rings (SSSR count). The Bertz CT molecular complexity index is 847. The third-order valence-corrected chi connectivity index (χ3v) is 4.88. The van der Waals surface area contributed by atoms with Crippen LogP contribution in [0.1, 0.15) is 40.9 Å². The van der Waals surface area contributed by atoms with E-state index in [0.717, 1.165) is 35.4 Å². The summed E-state index contributed by atoms with van der Waals surface area (Å²) in [6.07, 6.45) is 1.54. The lowest BCUT2D eigenvalue weighted by Crippen LogP contribution is -2.32. The van der Waals surface area contributed by atoms with Crippen LogP contribution in [0.2, 0.25) is 0 Å². The summed E-state index contributed by atoms with van der Waals surface area (Å²) in [7, 11) is 0. The van der Waals surface area contributed by atoms with Crippen LogP contribution < -0.4 is 15.0 Å². The van der Waals surface area contributed by atoms with Crippen LogP contribution in [0.4, 0.5) is 5.69 Å². The average molecular weight is 336 g/mol. The van der Waals surface area contributed by atoms with E-state index in [0.29, 0.717) is 18.7 Å². The molecular formula is C20H20N2O3. The monoisotopic (exact) mass is 336 g/mol. The highest BCUT2D eigenvalue weighted by atomic mass is 16.5. The molecule has 0 unspecified atom stereocenters. The number of anilines is 1. The van der Waals surface area contributed by atoms with Gasteiger partial charge in [0.1, 0.15) is 5.75 Å². The third kappa shape index (κ3) is 2.86. The standard InChI is InChI=1S/C20H20N2O3/c1-13(23)22-10-8-14-12-15(6-7-18(14)22)20(24)21-17-9-11-25-19-5-3-2-4-16(17)19/h2-7,12,17H,8-11H2,1H3,(H,21,24)/t17-/m1/s1. The van der Waals surface area contributed by atoms with Crippen molar-refractivity contribution in [2.24, 2.45) is 0 Å². The fourth-order valence-electron chi connectivity index (χ4n) is 3.60. The van der Waals surface area contributed by atoms with E-state index in [2.05, 4.69) is 5.32 Å². The molecule has 0 spiro atoms. The summed E-state index contributed by atoms with van der Waals surface area (Å²) in [5.41, 5.74) is 3.62. The van der Waals surface area contributed by atoms with Crippen LogP contribution in [-0.2, 0) is 11.2 Å². The Morgan fingerprint density at radius 1 is 1.20 bits per heavy atom. The van der Waals surface area contributed by atoms with E-state index in [1.54, 1.807) is 17.9 Å². The Balaban J connectivity index is 1.54. The molecule has 0 radical (unpaired) electrons. The summed E-state index contributed by atoms with van der Waals surface area (Å²) in [4.78, 5) is 26.1. The van der Waals surface area contributed by atoms with Crippen LogP contribution in [0.15, 0.2) is 42.5 Å². The Morgan fingerprint density at radius 2 is 2.04 bits per heavy atom. The zero-order valence-electron chi connectivity index (χ0n) is 14.1. The van der Waals surface area contributed by atoms with Crippen molar-refractivity contribution in [2.45, 2.75) is 25.8 Å².